The van der Waals surface area contributed by atoms with Crippen molar-refractivity contribution in [3.05, 3.63) is 28.8 Å². The van der Waals surface area contributed by atoms with Gasteiger partial charge in [-0.15, -0.1) is 0 Å². The second-order valence-electron chi connectivity index (χ2n) is 3.62. The number of nitrogens with two attached hydrogens (primary N) is 1. The van der Waals surface area contributed by atoms with Crippen molar-refractivity contribution in [3.63, 3.8) is 0 Å². The van der Waals surface area contributed by atoms with E-state index in [0.717, 1.165) is 6.07 Å². The van der Waals surface area contributed by atoms with Crippen LogP contribution in [-0.2, 0) is 12.8 Å². The first-order chi connectivity index (χ1) is 7.24. The van der Waals surface area contributed by atoms with Crippen LogP contribution in [0.5, 0.6) is 5.75 Å². The molecule has 0 saturated carbocycles. The molecule has 0 saturated heterocycles. The van der Waals surface area contributed by atoms with Crippen molar-refractivity contribution in [1.82, 2.24) is 0 Å². The summed E-state index contributed by atoms with van der Waals surface area (Å²) in [4.78, 5) is 0. The van der Waals surface area contributed by atoms with Gasteiger partial charge in [-0.3, -0.25) is 0 Å². The molecule has 82 valence electrons. The van der Waals surface area contributed by atoms with Crippen LogP contribution in [0.4, 0.5) is 8.78 Å². The van der Waals surface area contributed by atoms with Gasteiger partial charge in [0, 0.05) is 23.6 Å². The normalized spacial score (nSPS) is 13.8. The molecule has 1 aromatic carbocycles. The fourth-order valence-electron chi connectivity index (χ4n) is 1.86. The van der Waals surface area contributed by atoms with Crippen molar-refractivity contribution >= 4 is 0 Å². The lowest BCUT2D eigenvalue weighted by atomic mass is 10.0. The van der Waals surface area contributed by atoms with Gasteiger partial charge in [-0.05, 0) is 19.4 Å². The quantitative estimate of drug-likeness (QED) is 0.830. The third-order valence-corrected chi connectivity index (χ3v) is 2.61. The van der Waals surface area contributed by atoms with Gasteiger partial charge in [0.15, 0.2) is 0 Å². The van der Waals surface area contributed by atoms with Gasteiger partial charge < -0.3 is 10.5 Å². The minimum Gasteiger partial charge on any atom is -0.492 e. The number of ether oxygens (including phenoxy) is 1. The largest absolute Gasteiger partial charge is 0.492 e. The zero-order valence-electron chi connectivity index (χ0n) is 8.35. The van der Waals surface area contributed by atoms with E-state index >= 15 is 0 Å². The Bertz CT molecular complexity index is 379. The van der Waals surface area contributed by atoms with Crippen LogP contribution in [-0.4, -0.2) is 13.2 Å². The van der Waals surface area contributed by atoms with Crippen molar-refractivity contribution in [2.24, 2.45) is 5.73 Å². The van der Waals surface area contributed by atoms with E-state index in [4.69, 9.17) is 10.5 Å². The molecule has 0 fully saturated rings. The molecule has 1 heterocycles. The molecule has 1 aliphatic heterocycles. The van der Waals surface area contributed by atoms with Crippen LogP contribution in [0.1, 0.15) is 17.5 Å². The molecule has 4 heteroatoms. The van der Waals surface area contributed by atoms with Crippen LogP contribution in [0, 0.1) is 11.6 Å². The van der Waals surface area contributed by atoms with Gasteiger partial charge in [0.25, 0.3) is 0 Å². The highest BCUT2D eigenvalue weighted by atomic mass is 19.1. The van der Waals surface area contributed by atoms with Gasteiger partial charge in [0.2, 0.25) is 0 Å². The van der Waals surface area contributed by atoms with Gasteiger partial charge in [-0.2, -0.15) is 0 Å². The summed E-state index contributed by atoms with van der Waals surface area (Å²) in [6.45, 7) is 0.928. The van der Waals surface area contributed by atoms with Gasteiger partial charge in [0.05, 0.1) is 6.61 Å². The number of halogens is 2. The van der Waals surface area contributed by atoms with Gasteiger partial charge in [0.1, 0.15) is 17.4 Å². The molecular weight excluding hydrogens is 200 g/mol. The highest BCUT2D eigenvalue weighted by Crippen LogP contribution is 2.34. The monoisotopic (exact) mass is 213 g/mol. The van der Waals surface area contributed by atoms with Gasteiger partial charge >= 0.3 is 0 Å². The number of hydrogen-bond donors (Lipinski definition) is 1. The molecule has 15 heavy (non-hydrogen) atoms. The average molecular weight is 213 g/mol. The summed E-state index contributed by atoms with van der Waals surface area (Å²) in [5.74, 6) is -0.626. The Kier molecular flexibility index (Phi) is 2.86. The molecule has 0 atom stereocenters. The molecule has 2 rings (SSSR count). The fourth-order valence-corrected chi connectivity index (χ4v) is 1.86. The molecule has 1 aromatic rings. The first-order valence-corrected chi connectivity index (χ1v) is 5.06. The second-order valence-corrected chi connectivity index (χ2v) is 3.62. The van der Waals surface area contributed by atoms with E-state index in [0.29, 0.717) is 49.3 Å². The molecule has 2 nitrogen and oxygen atoms in total. The third kappa shape index (κ3) is 1.81. The number of hydrogen-bond acceptors (Lipinski definition) is 2. The Morgan fingerprint density at radius 3 is 2.87 bits per heavy atom. The molecule has 0 radical (unpaired) electrons. The molecular formula is C11H13F2NO. The minimum absolute atomic E-state index is 0.404. The predicted molar refractivity (Wildman–Crippen MR) is 52.9 cm³/mol. The van der Waals surface area contributed by atoms with Crippen LogP contribution in [0.25, 0.3) is 0 Å². The Morgan fingerprint density at radius 1 is 1.33 bits per heavy atom. The summed E-state index contributed by atoms with van der Waals surface area (Å²) in [6, 6.07) is 0.944. The van der Waals surface area contributed by atoms with Crippen molar-refractivity contribution in [3.8, 4) is 5.75 Å². The third-order valence-electron chi connectivity index (χ3n) is 2.61. The minimum atomic E-state index is -0.526. The van der Waals surface area contributed by atoms with Crippen molar-refractivity contribution in [2.75, 3.05) is 13.2 Å². The van der Waals surface area contributed by atoms with E-state index in [9.17, 15) is 8.78 Å². The second kappa shape index (κ2) is 4.14. The molecule has 0 aromatic heterocycles. The Morgan fingerprint density at radius 2 is 2.13 bits per heavy atom. The molecule has 0 unspecified atom stereocenters. The van der Waals surface area contributed by atoms with Gasteiger partial charge in [-0.25, -0.2) is 8.78 Å². The lowest BCUT2D eigenvalue weighted by molar-refractivity contribution is 0.350. The van der Waals surface area contributed by atoms with E-state index in [1.54, 1.807) is 0 Å². The summed E-state index contributed by atoms with van der Waals surface area (Å²) in [6.07, 6.45) is 1.71. The number of fused-ring (bicyclic) bond motifs is 1. The van der Waals surface area contributed by atoms with E-state index in [1.165, 1.54) is 0 Å². The summed E-state index contributed by atoms with van der Waals surface area (Å²) >= 11 is 0. The van der Waals surface area contributed by atoms with Crippen molar-refractivity contribution in [2.45, 2.75) is 19.3 Å². The van der Waals surface area contributed by atoms with Crippen molar-refractivity contribution < 1.29 is 13.5 Å². The summed E-state index contributed by atoms with van der Waals surface area (Å²) in [7, 11) is 0. The predicted octanol–water partition coefficient (Wildman–Crippen LogP) is 1.79. The Hall–Kier alpha value is -1.16. The maximum absolute atomic E-state index is 13.5. The fraction of sp³-hybridized carbons (Fsp3) is 0.455. The highest BCUT2D eigenvalue weighted by molar-refractivity contribution is 5.45. The first-order valence-electron chi connectivity index (χ1n) is 5.06. The average Bonchev–Trinajstić information content (AvgIpc) is 2.66. The lowest BCUT2D eigenvalue weighted by Crippen LogP contribution is -2.04. The van der Waals surface area contributed by atoms with Crippen LogP contribution in [0.15, 0.2) is 6.07 Å². The summed E-state index contributed by atoms with van der Waals surface area (Å²) in [5, 5.41) is 0. The molecule has 0 aliphatic carbocycles. The van der Waals surface area contributed by atoms with Crippen LogP contribution in [0.2, 0.25) is 0 Å². The van der Waals surface area contributed by atoms with Crippen LogP contribution < -0.4 is 10.5 Å². The topological polar surface area (TPSA) is 35.2 Å². The SMILES string of the molecule is NCCCc1c(F)cc(F)c2c1OCC2. The van der Waals surface area contributed by atoms with E-state index in [-0.39, 0.29) is 0 Å². The zero-order valence-corrected chi connectivity index (χ0v) is 8.35. The van der Waals surface area contributed by atoms with E-state index < -0.39 is 11.6 Å². The summed E-state index contributed by atoms with van der Waals surface area (Å²) in [5.41, 5.74) is 6.33. The molecule has 0 amide bonds. The Balaban J connectivity index is 2.40. The maximum atomic E-state index is 13.5. The van der Waals surface area contributed by atoms with E-state index in [2.05, 4.69) is 0 Å². The zero-order chi connectivity index (χ0) is 10.8. The van der Waals surface area contributed by atoms with Gasteiger partial charge in [-0.1, -0.05) is 0 Å². The standard InChI is InChI=1S/C11H13F2NO/c12-9-6-10(13)8-3-5-15-11(8)7(9)2-1-4-14/h6H,1-5,14H2. The smallest absolute Gasteiger partial charge is 0.133 e. The lowest BCUT2D eigenvalue weighted by Gasteiger charge is -2.09. The molecule has 0 spiro atoms. The molecule has 0 bridgehead atoms. The maximum Gasteiger partial charge on any atom is 0.133 e. The number of rotatable bonds is 3. The van der Waals surface area contributed by atoms with E-state index in [1.807, 2.05) is 0 Å². The van der Waals surface area contributed by atoms with Crippen LogP contribution in [0.3, 0.4) is 0 Å². The first kappa shape index (κ1) is 10.4. The van der Waals surface area contributed by atoms with Crippen LogP contribution >= 0.6 is 0 Å². The van der Waals surface area contributed by atoms with Crippen molar-refractivity contribution in [1.29, 1.82) is 0 Å². The molecule has 1 aliphatic rings. The molecule has 2 N–H and O–H groups in total. The highest BCUT2D eigenvalue weighted by Gasteiger charge is 2.23. The Labute approximate surface area is 87.0 Å². The number of benzene rings is 1. The summed E-state index contributed by atoms with van der Waals surface area (Å²) < 4.78 is 32.0.